The molecule has 0 amide bonds. The standard InChI is InChI=1S/C10H8ClNO3S/c11-9-3-1-2-4-10(9)15-5-8-6-16(13,14)7-12-8/h1-4,6-7H,5H2. The zero-order valence-corrected chi connectivity index (χ0v) is 9.70. The molecule has 84 valence electrons. The molecular weight excluding hydrogens is 250 g/mol. The number of para-hydroxylation sites is 1. The van der Waals surface area contributed by atoms with Crippen molar-refractivity contribution in [3.63, 3.8) is 0 Å². The van der Waals surface area contributed by atoms with E-state index in [0.717, 1.165) is 11.0 Å². The smallest absolute Gasteiger partial charge is 0.212 e. The quantitative estimate of drug-likeness (QED) is 0.832. The van der Waals surface area contributed by atoms with E-state index < -0.39 is 9.84 Å². The first-order valence-corrected chi connectivity index (χ1v) is 6.43. The van der Waals surface area contributed by atoms with Crippen molar-refractivity contribution in [1.29, 1.82) is 0 Å². The molecular formula is C10H8ClNO3S. The second kappa shape index (κ2) is 4.27. The SMILES string of the molecule is O=S1(=O)C=NC(COc2ccccc2Cl)=C1. The van der Waals surface area contributed by atoms with Crippen LogP contribution >= 0.6 is 11.6 Å². The maximum Gasteiger partial charge on any atom is 0.212 e. The highest BCUT2D eigenvalue weighted by Crippen LogP contribution is 2.24. The fourth-order valence-corrected chi connectivity index (χ4v) is 2.22. The predicted molar refractivity (Wildman–Crippen MR) is 62.4 cm³/mol. The Morgan fingerprint density at radius 1 is 1.31 bits per heavy atom. The minimum Gasteiger partial charge on any atom is -0.486 e. The minimum absolute atomic E-state index is 0.0828. The van der Waals surface area contributed by atoms with Crippen LogP contribution in [0.1, 0.15) is 0 Å². The Morgan fingerprint density at radius 3 is 2.69 bits per heavy atom. The Hall–Kier alpha value is -1.33. The van der Waals surface area contributed by atoms with Gasteiger partial charge in [-0.2, -0.15) is 0 Å². The Balaban J connectivity index is 2.05. The van der Waals surface area contributed by atoms with Gasteiger partial charge in [-0.15, -0.1) is 0 Å². The number of hydrogen-bond donors (Lipinski definition) is 0. The summed E-state index contributed by atoms with van der Waals surface area (Å²) in [7, 11) is -3.28. The van der Waals surface area contributed by atoms with Crippen LogP contribution in [0.5, 0.6) is 5.75 Å². The average molecular weight is 258 g/mol. The summed E-state index contributed by atoms with van der Waals surface area (Å²) in [6.07, 6.45) is 0. The third kappa shape index (κ3) is 2.62. The fourth-order valence-electron chi connectivity index (χ4n) is 1.18. The lowest BCUT2D eigenvalue weighted by Crippen LogP contribution is -1.99. The molecule has 1 aromatic carbocycles. The number of aliphatic imine (C=N–C) groups is 1. The van der Waals surface area contributed by atoms with Gasteiger partial charge < -0.3 is 4.74 Å². The summed E-state index contributed by atoms with van der Waals surface area (Å²) in [6.45, 7) is 0.0828. The fraction of sp³-hybridized carbons (Fsp3) is 0.100. The van der Waals surface area contributed by atoms with Crippen LogP contribution in [0.4, 0.5) is 0 Å². The van der Waals surface area contributed by atoms with Crippen molar-refractivity contribution in [2.75, 3.05) is 6.61 Å². The third-order valence-corrected chi connectivity index (χ3v) is 3.19. The number of nitrogens with zero attached hydrogens (tertiary/aromatic N) is 1. The first-order valence-electron chi connectivity index (χ1n) is 4.44. The molecule has 0 fully saturated rings. The number of sulfone groups is 1. The van der Waals surface area contributed by atoms with Gasteiger partial charge in [0.2, 0.25) is 9.84 Å². The molecule has 0 bridgehead atoms. The van der Waals surface area contributed by atoms with Crippen LogP contribution in [0.25, 0.3) is 0 Å². The molecule has 6 heteroatoms. The molecule has 4 nitrogen and oxygen atoms in total. The van der Waals surface area contributed by atoms with E-state index in [1.165, 1.54) is 0 Å². The highest BCUT2D eigenvalue weighted by atomic mass is 35.5. The average Bonchev–Trinajstić information content (AvgIpc) is 2.57. The van der Waals surface area contributed by atoms with Gasteiger partial charge in [0.1, 0.15) is 17.9 Å². The molecule has 0 saturated carbocycles. The van der Waals surface area contributed by atoms with Crippen molar-refractivity contribution in [3.8, 4) is 5.75 Å². The lowest BCUT2D eigenvalue weighted by Gasteiger charge is -2.05. The molecule has 1 aromatic rings. The van der Waals surface area contributed by atoms with Gasteiger partial charge in [0.25, 0.3) is 0 Å². The van der Waals surface area contributed by atoms with E-state index in [4.69, 9.17) is 16.3 Å². The topological polar surface area (TPSA) is 55.7 Å². The van der Waals surface area contributed by atoms with E-state index in [9.17, 15) is 8.42 Å². The van der Waals surface area contributed by atoms with Crippen molar-refractivity contribution in [1.82, 2.24) is 0 Å². The summed E-state index contributed by atoms with van der Waals surface area (Å²) in [5.74, 6) is 0.504. The van der Waals surface area contributed by atoms with Gasteiger partial charge in [0.15, 0.2) is 0 Å². The molecule has 0 aliphatic carbocycles. The number of ether oxygens (including phenoxy) is 1. The zero-order valence-electron chi connectivity index (χ0n) is 8.13. The van der Waals surface area contributed by atoms with E-state index in [0.29, 0.717) is 16.5 Å². The number of hydrogen-bond acceptors (Lipinski definition) is 4. The van der Waals surface area contributed by atoms with Crippen molar-refractivity contribution in [3.05, 3.63) is 40.4 Å². The normalized spacial score (nSPS) is 17.2. The van der Waals surface area contributed by atoms with Gasteiger partial charge in [-0.25, -0.2) is 13.4 Å². The van der Waals surface area contributed by atoms with Crippen molar-refractivity contribution < 1.29 is 13.2 Å². The maximum atomic E-state index is 11.0. The van der Waals surface area contributed by atoms with Crippen LogP contribution in [0.3, 0.4) is 0 Å². The van der Waals surface area contributed by atoms with Crippen LogP contribution in [0, 0.1) is 0 Å². The summed E-state index contributed by atoms with van der Waals surface area (Å²) in [5.41, 5.74) is 1.26. The molecule has 0 N–H and O–H groups in total. The lowest BCUT2D eigenvalue weighted by molar-refractivity contribution is 0.351. The third-order valence-electron chi connectivity index (χ3n) is 1.88. The summed E-state index contributed by atoms with van der Waals surface area (Å²) < 4.78 is 27.4. The Bertz CT molecular complexity index is 563. The zero-order chi connectivity index (χ0) is 11.6. The first-order chi connectivity index (χ1) is 7.57. The molecule has 0 spiro atoms. The molecule has 0 radical (unpaired) electrons. The second-order valence-corrected chi connectivity index (χ2v) is 5.18. The van der Waals surface area contributed by atoms with Gasteiger partial charge in [0, 0.05) is 0 Å². The molecule has 0 unspecified atom stereocenters. The monoisotopic (exact) mass is 257 g/mol. The highest BCUT2D eigenvalue weighted by Gasteiger charge is 2.13. The number of rotatable bonds is 3. The largest absolute Gasteiger partial charge is 0.486 e. The van der Waals surface area contributed by atoms with Crippen LogP contribution in [0.2, 0.25) is 5.02 Å². The van der Waals surface area contributed by atoms with Gasteiger partial charge in [-0.05, 0) is 12.1 Å². The summed E-state index contributed by atoms with van der Waals surface area (Å²) in [6, 6.07) is 6.97. The Kier molecular flexibility index (Phi) is 2.98. The number of benzene rings is 1. The highest BCUT2D eigenvalue weighted by molar-refractivity contribution is 8.07. The minimum atomic E-state index is -3.28. The van der Waals surface area contributed by atoms with E-state index >= 15 is 0 Å². The van der Waals surface area contributed by atoms with Gasteiger partial charge >= 0.3 is 0 Å². The Morgan fingerprint density at radius 2 is 2.06 bits per heavy atom. The molecule has 2 rings (SSSR count). The van der Waals surface area contributed by atoms with Crippen LogP contribution < -0.4 is 4.74 Å². The second-order valence-electron chi connectivity index (χ2n) is 3.15. The molecule has 16 heavy (non-hydrogen) atoms. The van der Waals surface area contributed by atoms with Crippen molar-refractivity contribution >= 4 is 27.0 Å². The maximum absolute atomic E-state index is 11.0. The molecule has 1 aliphatic heterocycles. The van der Waals surface area contributed by atoms with Crippen LogP contribution in [-0.2, 0) is 9.84 Å². The molecule has 0 aromatic heterocycles. The Labute approximate surface area is 98.1 Å². The molecule has 0 atom stereocenters. The van der Waals surface area contributed by atoms with E-state index in [1.54, 1.807) is 24.3 Å². The lowest BCUT2D eigenvalue weighted by atomic mass is 10.3. The molecule has 1 aliphatic rings. The van der Waals surface area contributed by atoms with Crippen molar-refractivity contribution in [2.45, 2.75) is 0 Å². The molecule has 0 saturated heterocycles. The summed E-state index contributed by atoms with van der Waals surface area (Å²) >= 11 is 5.86. The van der Waals surface area contributed by atoms with Crippen LogP contribution in [0.15, 0.2) is 40.4 Å². The number of halogens is 1. The van der Waals surface area contributed by atoms with Crippen LogP contribution in [-0.4, -0.2) is 20.6 Å². The van der Waals surface area contributed by atoms with Gasteiger partial charge in [-0.3, -0.25) is 0 Å². The van der Waals surface area contributed by atoms with Crippen molar-refractivity contribution in [2.24, 2.45) is 4.99 Å². The van der Waals surface area contributed by atoms with Gasteiger partial charge in [0.05, 0.1) is 16.1 Å². The molecule has 1 heterocycles. The van der Waals surface area contributed by atoms with E-state index in [1.807, 2.05) is 0 Å². The predicted octanol–water partition coefficient (Wildman–Crippen LogP) is 2.02. The van der Waals surface area contributed by atoms with Gasteiger partial charge in [-0.1, -0.05) is 23.7 Å². The summed E-state index contributed by atoms with van der Waals surface area (Å²) in [5, 5.41) is 1.55. The van der Waals surface area contributed by atoms with E-state index in [-0.39, 0.29) is 6.61 Å². The van der Waals surface area contributed by atoms with E-state index in [2.05, 4.69) is 4.99 Å². The first kappa shape index (κ1) is 11.2. The summed E-state index contributed by atoms with van der Waals surface area (Å²) in [4.78, 5) is 3.71.